The van der Waals surface area contributed by atoms with Gasteiger partial charge in [0.25, 0.3) is 0 Å². The third kappa shape index (κ3) is 4.59. The van der Waals surface area contributed by atoms with E-state index in [4.69, 9.17) is 11.5 Å². The lowest BCUT2D eigenvalue weighted by atomic mass is 9.84. The fourth-order valence-corrected chi connectivity index (χ4v) is 3.53. The van der Waals surface area contributed by atoms with E-state index >= 15 is 0 Å². The normalized spacial score (nSPS) is 19.2. The van der Waals surface area contributed by atoms with Gasteiger partial charge in [0, 0.05) is 56.3 Å². The van der Waals surface area contributed by atoms with Crippen molar-refractivity contribution in [2.75, 3.05) is 13.6 Å². The Balaban J connectivity index is 1.87. The molecule has 0 spiro atoms. The smallest absolute Gasteiger partial charge is 0.189 e. The van der Waals surface area contributed by atoms with Crippen LogP contribution in [-0.4, -0.2) is 46.8 Å². The Bertz CT molecular complexity index is 953. The third-order valence-electron chi connectivity index (χ3n) is 4.98. The van der Waals surface area contributed by atoms with Crippen molar-refractivity contribution in [1.82, 2.24) is 9.88 Å². The van der Waals surface area contributed by atoms with Crippen LogP contribution in [0.5, 0.6) is 0 Å². The molecule has 1 aliphatic rings. The van der Waals surface area contributed by atoms with E-state index in [9.17, 15) is 9.90 Å². The summed E-state index contributed by atoms with van der Waals surface area (Å²) in [4.78, 5) is 22.2. The number of ketones is 1. The molecule has 1 aromatic carbocycles. The van der Waals surface area contributed by atoms with E-state index in [1.165, 1.54) is 18.5 Å². The summed E-state index contributed by atoms with van der Waals surface area (Å²) in [6.07, 6.45) is 6.46. The third-order valence-corrected chi connectivity index (χ3v) is 4.98. The SMILES string of the molecule is CN=C/C(=C\N)[C@H]1CN(C(O)/C(N)=C/C(=O)c2cccnc2)Cc2ccccc21. The highest BCUT2D eigenvalue weighted by Gasteiger charge is 2.31. The Kier molecular flexibility index (Phi) is 6.54. The fourth-order valence-electron chi connectivity index (χ4n) is 3.53. The molecule has 2 heterocycles. The highest BCUT2D eigenvalue weighted by atomic mass is 16.3. The molecular weight excluding hydrogens is 366 g/mol. The first-order valence-corrected chi connectivity index (χ1v) is 9.30. The summed E-state index contributed by atoms with van der Waals surface area (Å²) in [5.74, 6) is -0.366. The van der Waals surface area contributed by atoms with Gasteiger partial charge in [0.1, 0.15) is 6.23 Å². The zero-order chi connectivity index (χ0) is 20.8. The molecule has 7 nitrogen and oxygen atoms in total. The van der Waals surface area contributed by atoms with Crippen LogP contribution in [0, 0.1) is 0 Å². The number of hydrogen-bond donors (Lipinski definition) is 3. The molecule has 0 fully saturated rings. The first-order chi connectivity index (χ1) is 14.0. The van der Waals surface area contributed by atoms with E-state index < -0.39 is 6.23 Å². The van der Waals surface area contributed by atoms with Gasteiger partial charge in [0.05, 0.1) is 5.70 Å². The van der Waals surface area contributed by atoms with Gasteiger partial charge in [-0.1, -0.05) is 24.3 Å². The van der Waals surface area contributed by atoms with E-state index in [0.717, 1.165) is 16.7 Å². The van der Waals surface area contributed by atoms with Crippen molar-refractivity contribution in [3.8, 4) is 0 Å². The highest BCUT2D eigenvalue weighted by Crippen LogP contribution is 2.33. The number of pyridine rings is 1. The molecule has 2 atom stereocenters. The molecule has 0 saturated carbocycles. The van der Waals surface area contributed by atoms with Gasteiger partial charge in [0.15, 0.2) is 5.78 Å². The van der Waals surface area contributed by atoms with Crippen molar-refractivity contribution in [2.24, 2.45) is 16.5 Å². The van der Waals surface area contributed by atoms with Gasteiger partial charge in [-0.05, 0) is 35.0 Å². The molecule has 29 heavy (non-hydrogen) atoms. The van der Waals surface area contributed by atoms with Crippen LogP contribution in [0.25, 0.3) is 0 Å². The number of nitrogens with two attached hydrogens (primary N) is 2. The number of aliphatic imine (C=N–C) groups is 1. The maximum Gasteiger partial charge on any atom is 0.189 e. The number of rotatable bonds is 6. The summed E-state index contributed by atoms with van der Waals surface area (Å²) in [6, 6.07) is 11.3. The van der Waals surface area contributed by atoms with Crippen LogP contribution < -0.4 is 11.5 Å². The Morgan fingerprint density at radius 2 is 2.14 bits per heavy atom. The Morgan fingerprint density at radius 1 is 1.34 bits per heavy atom. The molecule has 7 heteroatoms. The molecule has 5 N–H and O–H groups in total. The molecule has 3 rings (SSSR count). The molecular formula is C22H25N5O2. The van der Waals surface area contributed by atoms with Crippen molar-refractivity contribution in [3.63, 3.8) is 0 Å². The minimum atomic E-state index is -1.11. The first kappa shape index (κ1) is 20.4. The Hall–Kier alpha value is -3.29. The molecule has 0 radical (unpaired) electrons. The van der Waals surface area contributed by atoms with Crippen LogP contribution >= 0.6 is 0 Å². The van der Waals surface area contributed by atoms with Crippen LogP contribution in [0.2, 0.25) is 0 Å². The van der Waals surface area contributed by atoms with Gasteiger partial charge in [0.2, 0.25) is 0 Å². The van der Waals surface area contributed by atoms with Crippen molar-refractivity contribution in [3.05, 3.63) is 89.0 Å². The summed E-state index contributed by atoms with van der Waals surface area (Å²) in [6.45, 7) is 0.993. The maximum atomic E-state index is 12.4. The zero-order valence-electron chi connectivity index (χ0n) is 16.3. The zero-order valence-corrected chi connectivity index (χ0v) is 16.3. The molecule has 0 saturated heterocycles. The van der Waals surface area contributed by atoms with Gasteiger partial charge in [-0.25, -0.2) is 0 Å². The van der Waals surface area contributed by atoms with Gasteiger partial charge in [-0.15, -0.1) is 0 Å². The molecule has 1 aliphatic heterocycles. The number of fused-ring (bicyclic) bond motifs is 1. The van der Waals surface area contributed by atoms with E-state index in [1.807, 2.05) is 23.1 Å². The minimum Gasteiger partial charge on any atom is -0.404 e. The number of hydrogen-bond acceptors (Lipinski definition) is 7. The number of nitrogens with zero attached hydrogens (tertiary/aromatic N) is 3. The first-order valence-electron chi connectivity index (χ1n) is 9.30. The minimum absolute atomic E-state index is 0.0647. The van der Waals surface area contributed by atoms with Crippen molar-refractivity contribution >= 4 is 12.0 Å². The number of aliphatic hydroxyl groups is 1. The van der Waals surface area contributed by atoms with E-state index in [-0.39, 0.29) is 17.4 Å². The second-order valence-corrected chi connectivity index (χ2v) is 6.86. The van der Waals surface area contributed by atoms with Crippen LogP contribution in [0.3, 0.4) is 0 Å². The topological polar surface area (TPSA) is 118 Å². The molecule has 0 amide bonds. The fraction of sp³-hybridized carbons (Fsp3) is 0.227. The number of allylic oxidation sites excluding steroid dienone is 1. The summed E-state index contributed by atoms with van der Waals surface area (Å²) in [5.41, 5.74) is 15.5. The second kappa shape index (κ2) is 9.27. The van der Waals surface area contributed by atoms with Crippen molar-refractivity contribution in [1.29, 1.82) is 0 Å². The molecule has 1 aromatic heterocycles. The predicted molar refractivity (Wildman–Crippen MR) is 113 cm³/mol. The number of carbonyl (C=O) groups excluding carboxylic acids is 1. The second-order valence-electron chi connectivity index (χ2n) is 6.86. The van der Waals surface area contributed by atoms with Crippen molar-refractivity contribution < 1.29 is 9.90 Å². The van der Waals surface area contributed by atoms with Crippen LogP contribution in [0.1, 0.15) is 27.4 Å². The molecule has 150 valence electrons. The number of benzene rings is 1. The Labute approximate surface area is 170 Å². The van der Waals surface area contributed by atoms with E-state index in [0.29, 0.717) is 18.7 Å². The quantitative estimate of drug-likeness (QED) is 0.391. The van der Waals surface area contributed by atoms with Crippen molar-refractivity contribution in [2.45, 2.75) is 18.7 Å². The summed E-state index contributed by atoms with van der Waals surface area (Å²) < 4.78 is 0. The lowest BCUT2D eigenvalue weighted by molar-refractivity contribution is 0.0177. The largest absolute Gasteiger partial charge is 0.404 e. The summed E-state index contributed by atoms with van der Waals surface area (Å²) in [7, 11) is 1.69. The van der Waals surface area contributed by atoms with E-state index in [1.54, 1.807) is 31.6 Å². The van der Waals surface area contributed by atoms with Gasteiger partial charge in [-0.2, -0.15) is 0 Å². The number of carbonyl (C=O) groups is 1. The van der Waals surface area contributed by atoms with E-state index in [2.05, 4.69) is 16.0 Å². The lowest BCUT2D eigenvalue weighted by Crippen LogP contribution is -2.44. The lowest BCUT2D eigenvalue weighted by Gasteiger charge is -2.37. The standard InChI is InChI=1S/C22H25N5O2/c1-25-11-17(10-23)19-14-27(13-16-5-2-3-7-18(16)19)22(29)20(24)9-21(28)15-6-4-8-26-12-15/h2-12,19,22,29H,13-14,23-24H2,1H3/b17-10+,20-9-,25-11?/t19-,22?/m1/s1. The highest BCUT2D eigenvalue weighted by molar-refractivity contribution is 6.04. The Morgan fingerprint density at radius 3 is 2.83 bits per heavy atom. The van der Waals surface area contributed by atoms with Crippen LogP contribution in [0.15, 0.2) is 77.3 Å². The predicted octanol–water partition coefficient (Wildman–Crippen LogP) is 1.57. The van der Waals surface area contributed by atoms with Crippen LogP contribution in [-0.2, 0) is 6.54 Å². The van der Waals surface area contributed by atoms with Crippen LogP contribution in [0.4, 0.5) is 0 Å². The average molecular weight is 391 g/mol. The molecule has 0 aliphatic carbocycles. The molecule has 2 aromatic rings. The maximum absolute atomic E-state index is 12.4. The van der Waals surface area contributed by atoms with Gasteiger partial charge in [-0.3, -0.25) is 19.7 Å². The summed E-state index contributed by atoms with van der Waals surface area (Å²) in [5, 5.41) is 10.8. The average Bonchev–Trinajstić information content (AvgIpc) is 2.76. The summed E-state index contributed by atoms with van der Waals surface area (Å²) >= 11 is 0. The molecule has 1 unspecified atom stereocenters. The van der Waals surface area contributed by atoms with Gasteiger partial charge >= 0.3 is 0 Å². The monoisotopic (exact) mass is 391 g/mol. The van der Waals surface area contributed by atoms with Gasteiger partial charge < -0.3 is 16.6 Å². The number of aromatic nitrogens is 1. The molecule has 0 bridgehead atoms. The number of aliphatic hydroxyl groups excluding tert-OH is 1.